The van der Waals surface area contributed by atoms with Gasteiger partial charge in [-0.1, -0.05) is 13.8 Å². The highest BCUT2D eigenvalue weighted by Gasteiger charge is 2.11. The summed E-state index contributed by atoms with van der Waals surface area (Å²) in [5.41, 5.74) is 0. The van der Waals surface area contributed by atoms with Gasteiger partial charge in [0.1, 0.15) is 5.82 Å². The second-order valence-electron chi connectivity index (χ2n) is 4.80. The standard InChI is InChI=1S/C12H23N5O/c1-9(2)13-7-5-6-12(18)17(4)8-11-14-10(3)15-16-11/h9,13H,5-8H2,1-4H3,(H,14,15,16). The molecule has 0 aromatic carbocycles. The number of H-pyrrole nitrogens is 1. The molecule has 6 nitrogen and oxygen atoms in total. The highest BCUT2D eigenvalue weighted by molar-refractivity contribution is 5.75. The topological polar surface area (TPSA) is 73.9 Å². The van der Waals surface area contributed by atoms with E-state index in [0.717, 1.165) is 18.8 Å². The lowest BCUT2D eigenvalue weighted by atomic mass is 10.2. The molecule has 1 amide bonds. The number of carbonyl (C=O) groups is 1. The smallest absolute Gasteiger partial charge is 0.222 e. The summed E-state index contributed by atoms with van der Waals surface area (Å²) in [7, 11) is 1.78. The van der Waals surface area contributed by atoms with Crippen molar-refractivity contribution < 1.29 is 4.79 Å². The summed E-state index contributed by atoms with van der Waals surface area (Å²) >= 11 is 0. The number of aromatic amines is 1. The van der Waals surface area contributed by atoms with Crippen molar-refractivity contribution in [2.24, 2.45) is 0 Å². The Bertz CT molecular complexity index is 374. The fraction of sp³-hybridized carbons (Fsp3) is 0.750. The maximum absolute atomic E-state index is 11.8. The van der Waals surface area contributed by atoms with E-state index in [1.807, 2.05) is 6.92 Å². The molecule has 0 fully saturated rings. The van der Waals surface area contributed by atoms with Crippen LogP contribution in [0.15, 0.2) is 0 Å². The van der Waals surface area contributed by atoms with E-state index in [1.54, 1.807) is 11.9 Å². The summed E-state index contributed by atoms with van der Waals surface area (Å²) < 4.78 is 0. The summed E-state index contributed by atoms with van der Waals surface area (Å²) in [6, 6.07) is 0.467. The van der Waals surface area contributed by atoms with Crippen LogP contribution < -0.4 is 5.32 Å². The van der Waals surface area contributed by atoms with Crippen LogP contribution in [0, 0.1) is 6.92 Å². The van der Waals surface area contributed by atoms with Gasteiger partial charge in [-0.15, -0.1) is 0 Å². The van der Waals surface area contributed by atoms with E-state index in [2.05, 4.69) is 34.3 Å². The van der Waals surface area contributed by atoms with Crippen LogP contribution in [-0.4, -0.2) is 45.6 Å². The van der Waals surface area contributed by atoms with Crippen LogP contribution in [0.5, 0.6) is 0 Å². The van der Waals surface area contributed by atoms with Crippen LogP contribution in [0.4, 0.5) is 0 Å². The zero-order chi connectivity index (χ0) is 13.5. The van der Waals surface area contributed by atoms with Crippen molar-refractivity contribution in [1.82, 2.24) is 25.4 Å². The highest BCUT2D eigenvalue weighted by atomic mass is 16.2. The third kappa shape index (κ3) is 5.27. The van der Waals surface area contributed by atoms with Crippen molar-refractivity contribution in [3.05, 3.63) is 11.6 Å². The third-order valence-corrected chi connectivity index (χ3v) is 2.57. The van der Waals surface area contributed by atoms with Crippen molar-refractivity contribution in [3.8, 4) is 0 Å². The number of amides is 1. The summed E-state index contributed by atoms with van der Waals surface area (Å²) in [6.07, 6.45) is 1.41. The normalized spacial score (nSPS) is 10.9. The van der Waals surface area contributed by atoms with E-state index in [1.165, 1.54) is 0 Å². The Balaban J connectivity index is 2.24. The van der Waals surface area contributed by atoms with Gasteiger partial charge in [-0.2, -0.15) is 5.10 Å². The first kappa shape index (κ1) is 14.6. The molecule has 0 aliphatic carbocycles. The lowest BCUT2D eigenvalue weighted by Crippen LogP contribution is -2.29. The number of hydrogen-bond donors (Lipinski definition) is 2. The summed E-state index contributed by atoms with van der Waals surface area (Å²) in [5, 5.41) is 10.1. The predicted molar refractivity (Wildman–Crippen MR) is 70.0 cm³/mol. The minimum absolute atomic E-state index is 0.128. The van der Waals surface area contributed by atoms with Crippen molar-refractivity contribution in [3.63, 3.8) is 0 Å². The van der Waals surface area contributed by atoms with Gasteiger partial charge in [0.2, 0.25) is 5.91 Å². The van der Waals surface area contributed by atoms with Crippen molar-refractivity contribution >= 4 is 5.91 Å². The average molecular weight is 253 g/mol. The van der Waals surface area contributed by atoms with E-state index >= 15 is 0 Å². The Morgan fingerprint density at radius 2 is 2.22 bits per heavy atom. The van der Waals surface area contributed by atoms with Gasteiger partial charge < -0.3 is 10.2 Å². The molecule has 0 spiro atoms. The first-order valence-corrected chi connectivity index (χ1v) is 6.34. The van der Waals surface area contributed by atoms with Crippen LogP contribution in [0.2, 0.25) is 0 Å². The van der Waals surface area contributed by atoms with Gasteiger partial charge in [0.05, 0.1) is 6.54 Å². The molecule has 0 bridgehead atoms. The van der Waals surface area contributed by atoms with Gasteiger partial charge in [-0.05, 0) is 19.9 Å². The number of carbonyl (C=O) groups excluding carboxylic acids is 1. The highest BCUT2D eigenvalue weighted by Crippen LogP contribution is 2.01. The lowest BCUT2D eigenvalue weighted by Gasteiger charge is -2.15. The fourth-order valence-electron chi connectivity index (χ4n) is 1.58. The lowest BCUT2D eigenvalue weighted by molar-refractivity contribution is -0.130. The number of nitrogens with one attached hydrogen (secondary N) is 2. The molecule has 0 aliphatic rings. The zero-order valence-corrected chi connectivity index (χ0v) is 11.7. The summed E-state index contributed by atoms with van der Waals surface area (Å²) in [6.45, 7) is 7.37. The van der Waals surface area contributed by atoms with E-state index in [-0.39, 0.29) is 5.91 Å². The maximum Gasteiger partial charge on any atom is 0.222 e. The third-order valence-electron chi connectivity index (χ3n) is 2.57. The molecule has 1 aromatic heterocycles. The number of nitrogens with zero attached hydrogens (tertiary/aromatic N) is 3. The van der Waals surface area contributed by atoms with Crippen LogP contribution >= 0.6 is 0 Å². The van der Waals surface area contributed by atoms with Gasteiger partial charge in [0, 0.05) is 19.5 Å². The molecule has 1 aromatic rings. The Morgan fingerprint density at radius 3 is 2.78 bits per heavy atom. The Kier molecular flexibility index (Phi) is 5.77. The van der Waals surface area contributed by atoms with Crippen molar-refractivity contribution in [2.75, 3.05) is 13.6 Å². The average Bonchev–Trinajstić information content (AvgIpc) is 2.69. The first-order chi connectivity index (χ1) is 8.49. The SMILES string of the molecule is Cc1nc(CN(C)C(=O)CCCNC(C)C)n[nH]1. The Morgan fingerprint density at radius 1 is 1.50 bits per heavy atom. The predicted octanol–water partition coefficient (Wildman–Crippen LogP) is 0.850. The Hall–Kier alpha value is -1.43. The number of aryl methyl sites for hydroxylation is 1. The second-order valence-corrected chi connectivity index (χ2v) is 4.80. The molecule has 0 radical (unpaired) electrons. The monoisotopic (exact) mass is 253 g/mol. The van der Waals surface area contributed by atoms with Gasteiger partial charge >= 0.3 is 0 Å². The molecule has 0 saturated heterocycles. The van der Waals surface area contributed by atoms with Crippen LogP contribution in [0.25, 0.3) is 0 Å². The minimum atomic E-state index is 0.128. The van der Waals surface area contributed by atoms with Gasteiger partial charge in [0.25, 0.3) is 0 Å². The minimum Gasteiger partial charge on any atom is -0.338 e. The molecule has 1 rings (SSSR count). The number of aromatic nitrogens is 3. The molecule has 18 heavy (non-hydrogen) atoms. The maximum atomic E-state index is 11.8. The summed E-state index contributed by atoms with van der Waals surface area (Å²) in [5.74, 6) is 1.55. The van der Waals surface area contributed by atoms with Crippen LogP contribution in [-0.2, 0) is 11.3 Å². The quantitative estimate of drug-likeness (QED) is 0.707. The van der Waals surface area contributed by atoms with Crippen molar-refractivity contribution in [1.29, 1.82) is 0 Å². The molecular formula is C12H23N5O. The molecule has 0 aliphatic heterocycles. The molecular weight excluding hydrogens is 230 g/mol. The molecule has 0 atom stereocenters. The molecule has 0 saturated carbocycles. The van der Waals surface area contributed by atoms with E-state index in [9.17, 15) is 4.79 Å². The molecule has 1 heterocycles. The van der Waals surface area contributed by atoms with Gasteiger partial charge in [0.15, 0.2) is 5.82 Å². The van der Waals surface area contributed by atoms with Crippen LogP contribution in [0.3, 0.4) is 0 Å². The first-order valence-electron chi connectivity index (χ1n) is 6.34. The van der Waals surface area contributed by atoms with E-state index in [4.69, 9.17) is 0 Å². The van der Waals surface area contributed by atoms with Crippen molar-refractivity contribution in [2.45, 2.75) is 46.2 Å². The van der Waals surface area contributed by atoms with Crippen LogP contribution in [0.1, 0.15) is 38.3 Å². The largest absolute Gasteiger partial charge is 0.338 e. The Labute approximate surface area is 108 Å². The second kappa shape index (κ2) is 7.10. The van der Waals surface area contributed by atoms with E-state index < -0.39 is 0 Å². The molecule has 6 heteroatoms. The molecule has 0 unspecified atom stereocenters. The van der Waals surface area contributed by atoms with Gasteiger partial charge in [-0.25, -0.2) is 4.98 Å². The number of rotatable bonds is 7. The van der Waals surface area contributed by atoms with Gasteiger partial charge in [-0.3, -0.25) is 9.89 Å². The zero-order valence-electron chi connectivity index (χ0n) is 11.7. The molecule has 2 N–H and O–H groups in total. The summed E-state index contributed by atoms with van der Waals surface area (Å²) in [4.78, 5) is 17.7. The fourth-order valence-corrected chi connectivity index (χ4v) is 1.58. The van der Waals surface area contributed by atoms with E-state index in [0.29, 0.717) is 24.8 Å². The molecule has 102 valence electrons. The number of hydrogen-bond acceptors (Lipinski definition) is 4.